The summed E-state index contributed by atoms with van der Waals surface area (Å²) in [6, 6.07) is 5.07. The molecule has 1 aromatic heterocycles. The SMILES string of the molecule is Cc1cc(Br)cc(N)c1Oc1cc(C(F)(F)F)ccn1. The van der Waals surface area contributed by atoms with Gasteiger partial charge in [-0.2, -0.15) is 13.2 Å². The van der Waals surface area contributed by atoms with Crippen LogP contribution in [0.5, 0.6) is 11.6 Å². The number of rotatable bonds is 2. The zero-order valence-corrected chi connectivity index (χ0v) is 11.9. The Balaban J connectivity index is 2.36. The second-order valence-electron chi connectivity index (χ2n) is 4.12. The van der Waals surface area contributed by atoms with Gasteiger partial charge in [-0.25, -0.2) is 4.98 Å². The lowest BCUT2D eigenvalue weighted by Crippen LogP contribution is -2.05. The predicted molar refractivity (Wildman–Crippen MR) is 72.6 cm³/mol. The van der Waals surface area contributed by atoms with Crippen LogP contribution in [0, 0.1) is 6.92 Å². The molecule has 0 aliphatic heterocycles. The summed E-state index contributed by atoms with van der Waals surface area (Å²) in [5.74, 6) is 0.136. The van der Waals surface area contributed by atoms with E-state index in [4.69, 9.17) is 10.5 Å². The van der Waals surface area contributed by atoms with E-state index in [0.717, 1.165) is 22.8 Å². The van der Waals surface area contributed by atoms with Gasteiger partial charge < -0.3 is 10.5 Å². The van der Waals surface area contributed by atoms with Crippen LogP contribution in [0.15, 0.2) is 34.9 Å². The number of pyridine rings is 1. The fourth-order valence-corrected chi connectivity index (χ4v) is 2.23. The van der Waals surface area contributed by atoms with Crippen molar-refractivity contribution in [2.24, 2.45) is 0 Å². The normalized spacial score (nSPS) is 11.4. The molecule has 1 aromatic carbocycles. The van der Waals surface area contributed by atoms with E-state index in [1.54, 1.807) is 19.1 Å². The van der Waals surface area contributed by atoms with Crippen LogP contribution in [0.4, 0.5) is 18.9 Å². The maximum atomic E-state index is 12.6. The molecular weight excluding hydrogens is 337 g/mol. The third-order valence-corrected chi connectivity index (χ3v) is 2.99. The van der Waals surface area contributed by atoms with E-state index < -0.39 is 11.7 Å². The van der Waals surface area contributed by atoms with Crippen LogP contribution in [0.25, 0.3) is 0 Å². The first-order valence-electron chi connectivity index (χ1n) is 5.54. The number of aryl methyl sites for hydroxylation is 1. The van der Waals surface area contributed by atoms with Gasteiger partial charge in [0, 0.05) is 16.7 Å². The van der Waals surface area contributed by atoms with Gasteiger partial charge in [-0.05, 0) is 30.7 Å². The molecule has 3 nitrogen and oxygen atoms in total. The maximum absolute atomic E-state index is 12.6. The quantitative estimate of drug-likeness (QED) is 0.811. The van der Waals surface area contributed by atoms with Crippen molar-refractivity contribution in [3.8, 4) is 11.6 Å². The molecule has 0 atom stereocenters. The summed E-state index contributed by atoms with van der Waals surface area (Å²) in [4.78, 5) is 3.76. The number of halogens is 4. The van der Waals surface area contributed by atoms with Crippen LogP contribution in [-0.2, 0) is 6.18 Å². The highest BCUT2D eigenvalue weighted by molar-refractivity contribution is 9.10. The third-order valence-electron chi connectivity index (χ3n) is 2.54. The first kappa shape index (κ1) is 14.6. The van der Waals surface area contributed by atoms with Gasteiger partial charge in [0.05, 0.1) is 11.3 Å². The van der Waals surface area contributed by atoms with Crippen molar-refractivity contribution in [2.45, 2.75) is 13.1 Å². The molecule has 106 valence electrons. The second-order valence-corrected chi connectivity index (χ2v) is 5.04. The van der Waals surface area contributed by atoms with E-state index in [0.29, 0.717) is 17.0 Å². The van der Waals surface area contributed by atoms with Crippen LogP contribution >= 0.6 is 15.9 Å². The minimum atomic E-state index is -4.44. The van der Waals surface area contributed by atoms with Gasteiger partial charge in [-0.1, -0.05) is 15.9 Å². The highest BCUT2D eigenvalue weighted by Gasteiger charge is 2.31. The number of nitrogens with zero attached hydrogens (tertiary/aromatic N) is 1. The highest BCUT2D eigenvalue weighted by atomic mass is 79.9. The van der Waals surface area contributed by atoms with E-state index >= 15 is 0 Å². The van der Waals surface area contributed by atoms with E-state index in [1.165, 1.54) is 0 Å². The predicted octanol–water partition coefficient (Wildman–Crippen LogP) is 4.55. The molecule has 0 aliphatic rings. The van der Waals surface area contributed by atoms with Crippen molar-refractivity contribution in [3.05, 3.63) is 46.1 Å². The molecule has 20 heavy (non-hydrogen) atoms. The van der Waals surface area contributed by atoms with Crippen molar-refractivity contribution in [2.75, 3.05) is 5.73 Å². The Morgan fingerprint density at radius 3 is 2.55 bits per heavy atom. The van der Waals surface area contributed by atoms with Crippen molar-refractivity contribution < 1.29 is 17.9 Å². The first-order valence-corrected chi connectivity index (χ1v) is 6.33. The van der Waals surface area contributed by atoms with Crippen LogP contribution in [0.3, 0.4) is 0 Å². The number of alkyl halides is 3. The Hall–Kier alpha value is -1.76. The molecule has 0 saturated carbocycles. The molecule has 0 spiro atoms. The molecule has 2 aromatic rings. The van der Waals surface area contributed by atoms with Gasteiger partial charge in [-0.15, -0.1) is 0 Å². The molecule has 0 radical (unpaired) electrons. The average molecular weight is 347 g/mol. The largest absolute Gasteiger partial charge is 0.437 e. The second kappa shape index (κ2) is 5.32. The van der Waals surface area contributed by atoms with Crippen LogP contribution in [0.1, 0.15) is 11.1 Å². The smallest absolute Gasteiger partial charge is 0.416 e. The van der Waals surface area contributed by atoms with Crippen LogP contribution in [-0.4, -0.2) is 4.98 Å². The van der Waals surface area contributed by atoms with E-state index in [2.05, 4.69) is 20.9 Å². The Bertz CT molecular complexity index is 621. The van der Waals surface area contributed by atoms with Crippen molar-refractivity contribution in [1.29, 1.82) is 0 Å². The molecule has 0 aliphatic carbocycles. The monoisotopic (exact) mass is 346 g/mol. The van der Waals surface area contributed by atoms with Gasteiger partial charge >= 0.3 is 6.18 Å². The summed E-state index contributed by atoms with van der Waals surface area (Å²) in [7, 11) is 0. The van der Waals surface area contributed by atoms with Gasteiger partial charge in [-0.3, -0.25) is 0 Å². The molecule has 0 fully saturated rings. The number of hydrogen-bond donors (Lipinski definition) is 1. The fourth-order valence-electron chi connectivity index (χ4n) is 1.64. The van der Waals surface area contributed by atoms with Crippen LogP contribution < -0.4 is 10.5 Å². The Labute approximate surface area is 121 Å². The lowest BCUT2D eigenvalue weighted by atomic mass is 10.2. The van der Waals surface area contributed by atoms with Crippen molar-refractivity contribution in [1.82, 2.24) is 4.98 Å². The van der Waals surface area contributed by atoms with E-state index in [9.17, 15) is 13.2 Å². The zero-order valence-electron chi connectivity index (χ0n) is 10.3. The third kappa shape index (κ3) is 3.22. The number of benzene rings is 1. The zero-order chi connectivity index (χ0) is 14.9. The minimum Gasteiger partial charge on any atom is -0.437 e. The van der Waals surface area contributed by atoms with E-state index in [-0.39, 0.29) is 5.88 Å². The van der Waals surface area contributed by atoms with Crippen molar-refractivity contribution >= 4 is 21.6 Å². The standard InChI is InChI=1S/C13H10BrF3N2O/c1-7-4-9(14)6-10(18)12(7)20-11-5-8(2-3-19-11)13(15,16)17/h2-6H,18H2,1H3. The van der Waals surface area contributed by atoms with Gasteiger partial charge in [0.25, 0.3) is 0 Å². The first-order chi connectivity index (χ1) is 9.27. The number of anilines is 1. The molecule has 2 N–H and O–H groups in total. The molecule has 7 heteroatoms. The number of hydrogen-bond acceptors (Lipinski definition) is 3. The molecule has 0 unspecified atom stereocenters. The minimum absolute atomic E-state index is 0.156. The maximum Gasteiger partial charge on any atom is 0.416 e. The Morgan fingerprint density at radius 1 is 1.25 bits per heavy atom. The lowest BCUT2D eigenvalue weighted by Gasteiger charge is -2.12. The van der Waals surface area contributed by atoms with Gasteiger partial charge in [0.1, 0.15) is 0 Å². The summed E-state index contributed by atoms with van der Waals surface area (Å²) in [6.07, 6.45) is -3.40. The highest BCUT2D eigenvalue weighted by Crippen LogP contribution is 2.35. The number of ether oxygens (including phenoxy) is 1. The molecule has 0 bridgehead atoms. The average Bonchev–Trinajstić information content (AvgIpc) is 2.33. The number of nitrogen functional groups attached to an aromatic ring is 1. The summed E-state index contributed by atoms with van der Waals surface area (Å²) < 4.78 is 43.9. The summed E-state index contributed by atoms with van der Waals surface area (Å²) in [5, 5.41) is 0. The summed E-state index contributed by atoms with van der Waals surface area (Å²) in [6.45, 7) is 1.74. The van der Waals surface area contributed by atoms with E-state index in [1.807, 2.05) is 0 Å². The molecule has 0 amide bonds. The molecule has 0 saturated heterocycles. The van der Waals surface area contributed by atoms with Crippen LogP contribution in [0.2, 0.25) is 0 Å². The fraction of sp³-hybridized carbons (Fsp3) is 0.154. The molecule has 2 rings (SSSR count). The lowest BCUT2D eigenvalue weighted by molar-refractivity contribution is -0.137. The molecular formula is C13H10BrF3N2O. The summed E-state index contributed by atoms with van der Waals surface area (Å²) >= 11 is 3.27. The topological polar surface area (TPSA) is 48.1 Å². The molecule has 1 heterocycles. The van der Waals surface area contributed by atoms with Gasteiger partial charge in [0.2, 0.25) is 5.88 Å². The number of nitrogens with two attached hydrogens (primary N) is 1. The van der Waals surface area contributed by atoms with Crippen molar-refractivity contribution in [3.63, 3.8) is 0 Å². The Kier molecular flexibility index (Phi) is 3.89. The summed E-state index contributed by atoms with van der Waals surface area (Å²) in [5.41, 5.74) is 5.97. The van der Waals surface area contributed by atoms with Gasteiger partial charge in [0.15, 0.2) is 5.75 Å². The Morgan fingerprint density at radius 2 is 1.95 bits per heavy atom. The number of aromatic nitrogens is 1.